The molecule has 2 N–H and O–H groups in total. The Labute approximate surface area is 152 Å². The van der Waals surface area contributed by atoms with Crippen molar-refractivity contribution >= 4 is 17.6 Å². The lowest BCUT2D eigenvalue weighted by Gasteiger charge is -2.36. The number of nitrogens with zero attached hydrogens (tertiary/aromatic N) is 2. The zero-order chi connectivity index (χ0) is 18.5. The first-order chi connectivity index (χ1) is 12.5. The van der Waals surface area contributed by atoms with Gasteiger partial charge in [0.15, 0.2) is 0 Å². The van der Waals surface area contributed by atoms with Gasteiger partial charge in [0.2, 0.25) is 0 Å². The molecule has 0 saturated carbocycles. The van der Waals surface area contributed by atoms with Crippen LogP contribution in [0.25, 0.3) is 0 Å². The van der Waals surface area contributed by atoms with Crippen molar-refractivity contribution in [2.75, 3.05) is 31.1 Å². The number of anilines is 1. The van der Waals surface area contributed by atoms with Crippen LogP contribution in [-0.4, -0.2) is 53.2 Å². The normalized spacial score (nSPS) is 15.0. The van der Waals surface area contributed by atoms with Crippen LogP contribution in [0.5, 0.6) is 0 Å². The van der Waals surface area contributed by atoms with Crippen molar-refractivity contribution in [1.29, 1.82) is 0 Å². The minimum absolute atomic E-state index is 0.0436. The van der Waals surface area contributed by atoms with Crippen molar-refractivity contribution in [2.24, 2.45) is 0 Å². The van der Waals surface area contributed by atoms with Gasteiger partial charge in [0.25, 0.3) is 0 Å². The molecular formula is C20H22N2O4. The smallest absolute Gasteiger partial charge is 0.337 e. The summed E-state index contributed by atoms with van der Waals surface area (Å²) in [5.74, 6) is -1.72. The fourth-order valence-corrected chi connectivity index (χ4v) is 3.27. The van der Waals surface area contributed by atoms with Gasteiger partial charge in [-0.2, -0.15) is 0 Å². The lowest BCUT2D eigenvalue weighted by Crippen LogP contribution is -2.46. The summed E-state index contributed by atoms with van der Waals surface area (Å²) in [6, 6.07) is 14.8. The lowest BCUT2D eigenvalue weighted by atomic mass is 10.1. The molecule has 1 heterocycles. The molecule has 0 atom stereocenters. The Bertz CT molecular complexity index is 781. The summed E-state index contributed by atoms with van der Waals surface area (Å²) >= 11 is 0. The Morgan fingerprint density at radius 2 is 1.46 bits per heavy atom. The molecule has 0 amide bonds. The van der Waals surface area contributed by atoms with Crippen molar-refractivity contribution in [3.8, 4) is 0 Å². The molecule has 0 bridgehead atoms. The van der Waals surface area contributed by atoms with Crippen molar-refractivity contribution < 1.29 is 19.8 Å². The SMILES string of the molecule is O=C(O)Cc1ccc(CN2CCN(c3ccccc3C(=O)O)CC2)cc1. The first-order valence-electron chi connectivity index (χ1n) is 8.62. The number of hydrogen-bond donors (Lipinski definition) is 2. The number of aliphatic carboxylic acids is 1. The number of rotatable bonds is 6. The van der Waals surface area contributed by atoms with E-state index in [4.69, 9.17) is 5.11 Å². The van der Waals surface area contributed by atoms with Crippen LogP contribution in [0.15, 0.2) is 48.5 Å². The fraction of sp³-hybridized carbons (Fsp3) is 0.300. The van der Waals surface area contributed by atoms with Crippen molar-refractivity contribution in [3.05, 3.63) is 65.2 Å². The Morgan fingerprint density at radius 1 is 0.846 bits per heavy atom. The summed E-state index contributed by atoms with van der Waals surface area (Å²) in [5, 5.41) is 18.2. The maximum absolute atomic E-state index is 11.4. The molecule has 2 aromatic carbocycles. The second-order valence-corrected chi connectivity index (χ2v) is 6.47. The van der Waals surface area contributed by atoms with Gasteiger partial charge in [-0.05, 0) is 23.3 Å². The van der Waals surface area contributed by atoms with E-state index in [2.05, 4.69) is 9.80 Å². The highest BCUT2D eigenvalue weighted by Crippen LogP contribution is 2.22. The number of benzene rings is 2. The van der Waals surface area contributed by atoms with Crippen LogP contribution in [0.2, 0.25) is 0 Å². The molecule has 0 aromatic heterocycles. The Balaban J connectivity index is 1.57. The minimum Gasteiger partial charge on any atom is -0.481 e. The third kappa shape index (κ3) is 4.40. The van der Waals surface area contributed by atoms with E-state index in [0.717, 1.165) is 49.5 Å². The van der Waals surface area contributed by atoms with E-state index in [1.165, 1.54) is 0 Å². The van der Waals surface area contributed by atoms with Crippen molar-refractivity contribution in [3.63, 3.8) is 0 Å². The van der Waals surface area contributed by atoms with Crippen molar-refractivity contribution in [1.82, 2.24) is 4.90 Å². The van der Waals surface area contributed by atoms with Gasteiger partial charge in [0.05, 0.1) is 17.7 Å². The van der Waals surface area contributed by atoms with Gasteiger partial charge < -0.3 is 15.1 Å². The molecule has 136 valence electrons. The maximum atomic E-state index is 11.4. The quantitative estimate of drug-likeness (QED) is 0.829. The molecule has 0 radical (unpaired) electrons. The standard InChI is InChI=1S/C20H22N2O4/c23-19(24)13-15-5-7-16(8-6-15)14-21-9-11-22(12-10-21)18-4-2-1-3-17(18)20(25)26/h1-8H,9-14H2,(H,23,24)(H,25,26). The van der Waals surface area contributed by atoms with Crippen molar-refractivity contribution in [2.45, 2.75) is 13.0 Å². The van der Waals surface area contributed by atoms with E-state index in [-0.39, 0.29) is 6.42 Å². The predicted octanol–water partition coefficient (Wildman–Crippen LogP) is 2.33. The highest BCUT2D eigenvalue weighted by Gasteiger charge is 2.21. The molecule has 2 aromatic rings. The van der Waals surface area contributed by atoms with Gasteiger partial charge in [0.1, 0.15) is 0 Å². The second-order valence-electron chi connectivity index (χ2n) is 6.47. The molecule has 1 fully saturated rings. The second kappa shape index (κ2) is 8.01. The molecule has 0 unspecified atom stereocenters. The van der Waals surface area contributed by atoms with E-state index in [9.17, 15) is 14.7 Å². The van der Waals surface area contributed by atoms with Gasteiger partial charge >= 0.3 is 11.9 Å². The molecule has 3 rings (SSSR count). The molecular weight excluding hydrogens is 332 g/mol. The van der Waals surface area contributed by atoms with Crippen LogP contribution in [0, 0.1) is 0 Å². The first-order valence-corrected chi connectivity index (χ1v) is 8.62. The summed E-state index contributed by atoms with van der Waals surface area (Å²) < 4.78 is 0. The zero-order valence-electron chi connectivity index (χ0n) is 14.5. The Kier molecular flexibility index (Phi) is 5.53. The number of carboxylic acid groups (broad SMARTS) is 2. The van der Waals surface area contributed by atoms with Gasteiger partial charge in [-0.1, -0.05) is 36.4 Å². The highest BCUT2D eigenvalue weighted by atomic mass is 16.4. The molecule has 0 aliphatic carbocycles. The Morgan fingerprint density at radius 3 is 2.08 bits per heavy atom. The van der Waals surface area contributed by atoms with Gasteiger partial charge in [-0.15, -0.1) is 0 Å². The number of aromatic carboxylic acids is 1. The summed E-state index contributed by atoms with van der Waals surface area (Å²) in [7, 11) is 0. The summed E-state index contributed by atoms with van der Waals surface area (Å²) in [4.78, 5) is 26.6. The largest absolute Gasteiger partial charge is 0.481 e. The van der Waals surface area contributed by atoms with E-state index < -0.39 is 11.9 Å². The van der Waals surface area contributed by atoms with Gasteiger partial charge in [0, 0.05) is 32.7 Å². The molecule has 0 spiro atoms. The average molecular weight is 354 g/mol. The molecule has 26 heavy (non-hydrogen) atoms. The fourth-order valence-electron chi connectivity index (χ4n) is 3.27. The molecule has 1 aliphatic heterocycles. The van der Waals surface area contributed by atoms with Gasteiger partial charge in [-0.25, -0.2) is 4.79 Å². The van der Waals surface area contributed by atoms with Crippen LogP contribution in [-0.2, 0) is 17.8 Å². The van der Waals surface area contributed by atoms with E-state index in [1.54, 1.807) is 12.1 Å². The Hall–Kier alpha value is -2.86. The van der Waals surface area contributed by atoms with E-state index in [0.29, 0.717) is 5.56 Å². The number of carbonyl (C=O) groups is 2. The summed E-state index contributed by atoms with van der Waals surface area (Å²) in [6.45, 7) is 4.07. The topological polar surface area (TPSA) is 81.1 Å². The third-order valence-electron chi connectivity index (χ3n) is 4.63. The number of hydrogen-bond acceptors (Lipinski definition) is 4. The summed E-state index contributed by atoms with van der Waals surface area (Å²) in [5.41, 5.74) is 3.07. The molecule has 1 saturated heterocycles. The van der Waals surface area contributed by atoms with E-state index >= 15 is 0 Å². The van der Waals surface area contributed by atoms with Crippen LogP contribution in [0.4, 0.5) is 5.69 Å². The molecule has 6 heteroatoms. The van der Waals surface area contributed by atoms with Crippen LogP contribution < -0.4 is 4.90 Å². The highest BCUT2D eigenvalue weighted by molar-refractivity contribution is 5.94. The number of carboxylic acids is 2. The molecule has 6 nitrogen and oxygen atoms in total. The average Bonchev–Trinajstić information content (AvgIpc) is 2.63. The number of para-hydroxylation sites is 1. The number of piperazine rings is 1. The molecule has 1 aliphatic rings. The monoisotopic (exact) mass is 354 g/mol. The zero-order valence-corrected chi connectivity index (χ0v) is 14.5. The lowest BCUT2D eigenvalue weighted by molar-refractivity contribution is -0.136. The van der Waals surface area contributed by atoms with Crippen LogP contribution >= 0.6 is 0 Å². The van der Waals surface area contributed by atoms with E-state index in [1.807, 2.05) is 36.4 Å². The van der Waals surface area contributed by atoms with Crippen LogP contribution in [0.3, 0.4) is 0 Å². The maximum Gasteiger partial charge on any atom is 0.337 e. The van der Waals surface area contributed by atoms with Gasteiger partial charge in [-0.3, -0.25) is 9.69 Å². The third-order valence-corrected chi connectivity index (χ3v) is 4.63. The first kappa shape index (κ1) is 17.9. The minimum atomic E-state index is -0.899. The predicted molar refractivity (Wildman–Crippen MR) is 98.7 cm³/mol. The van der Waals surface area contributed by atoms with Crippen LogP contribution in [0.1, 0.15) is 21.5 Å². The summed E-state index contributed by atoms with van der Waals surface area (Å²) in [6.07, 6.45) is 0.0436.